The summed E-state index contributed by atoms with van der Waals surface area (Å²) in [5.41, 5.74) is 5.61. The van der Waals surface area contributed by atoms with E-state index in [1.54, 1.807) is 0 Å². The van der Waals surface area contributed by atoms with Gasteiger partial charge < -0.3 is 9.84 Å². The Kier molecular flexibility index (Phi) is 6.42. The second-order valence-corrected chi connectivity index (χ2v) is 8.12. The van der Waals surface area contributed by atoms with E-state index >= 15 is 0 Å². The molecule has 5 nitrogen and oxygen atoms in total. The summed E-state index contributed by atoms with van der Waals surface area (Å²) in [5, 5.41) is 19.7. The Morgan fingerprint density at radius 3 is 2.36 bits per heavy atom. The van der Waals surface area contributed by atoms with Crippen LogP contribution in [0.2, 0.25) is 0 Å². The first-order valence-corrected chi connectivity index (χ1v) is 10.3. The van der Waals surface area contributed by atoms with Crippen LogP contribution < -0.4 is 4.74 Å². The molecule has 1 N–H and O–H groups in total. The van der Waals surface area contributed by atoms with Crippen LogP contribution in [0.4, 0.5) is 0 Å². The number of aryl methyl sites for hydroxylation is 4. The molecule has 28 heavy (non-hydrogen) atoms. The lowest BCUT2D eigenvalue weighted by Gasteiger charge is -2.17. The zero-order valence-corrected chi connectivity index (χ0v) is 17.9. The van der Waals surface area contributed by atoms with E-state index in [0.29, 0.717) is 5.75 Å². The molecule has 1 aromatic heterocycles. The summed E-state index contributed by atoms with van der Waals surface area (Å²) in [6.07, 6.45) is -0.604. The lowest BCUT2D eigenvalue weighted by atomic mass is 10.1. The van der Waals surface area contributed by atoms with E-state index in [-0.39, 0.29) is 6.61 Å². The fraction of sp³-hybridized carbons (Fsp3) is 0.364. The summed E-state index contributed by atoms with van der Waals surface area (Å²) in [7, 11) is 0. The van der Waals surface area contributed by atoms with E-state index in [2.05, 4.69) is 54.4 Å². The first kappa shape index (κ1) is 20.4. The van der Waals surface area contributed by atoms with E-state index in [1.807, 2.05) is 31.4 Å². The number of thioether (sulfide) groups is 1. The maximum absolute atomic E-state index is 10.4. The van der Waals surface area contributed by atoms with Gasteiger partial charge >= 0.3 is 0 Å². The second kappa shape index (κ2) is 8.80. The Labute approximate surface area is 170 Å². The van der Waals surface area contributed by atoms with Gasteiger partial charge in [-0.25, -0.2) is 0 Å². The third-order valence-corrected chi connectivity index (χ3v) is 5.86. The summed E-state index contributed by atoms with van der Waals surface area (Å²) in [4.78, 5) is 0. The molecule has 0 fully saturated rings. The fourth-order valence-electron chi connectivity index (χ4n) is 2.97. The standard InChI is InChI=1S/C22H27N3O2S/c1-14-6-10-19(11-7-14)25-18(5)23-24-22(25)28-13-20(26)12-27-21-16(3)9-8-15(2)17(21)4/h6-11,20,26H,12-13H2,1-5H3. The van der Waals surface area contributed by atoms with Crippen LogP contribution >= 0.6 is 11.8 Å². The van der Waals surface area contributed by atoms with Crippen molar-refractivity contribution in [1.82, 2.24) is 14.8 Å². The number of hydrogen-bond acceptors (Lipinski definition) is 5. The first-order chi connectivity index (χ1) is 13.4. The van der Waals surface area contributed by atoms with Gasteiger partial charge in [-0.1, -0.05) is 41.6 Å². The zero-order valence-electron chi connectivity index (χ0n) is 17.1. The number of hydrogen-bond donors (Lipinski definition) is 1. The van der Waals surface area contributed by atoms with Crippen molar-refractivity contribution >= 4 is 11.8 Å². The highest BCUT2D eigenvalue weighted by molar-refractivity contribution is 7.99. The lowest BCUT2D eigenvalue weighted by Crippen LogP contribution is -2.21. The van der Waals surface area contributed by atoms with Crippen LogP contribution in [0.15, 0.2) is 41.6 Å². The van der Waals surface area contributed by atoms with Gasteiger partial charge in [0.25, 0.3) is 0 Å². The molecule has 0 aliphatic rings. The van der Waals surface area contributed by atoms with Gasteiger partial charge in [0.2, 0.25) is 0 Å². The van der Waals surface area contributed by atoms with Crippen molar-refractivity contribution in [3.63, 3.8) is 0 Å². The van der Waals surface area contributed by atoms with E-state index in [9.17, 15) is 5.11 Å². The molecule has 0 aliphatic heterocycles. The largest absolute Gasteiger partial charge is 0.490 e. The van der Waals surface area contributed by atoms with E-state index in [0.717, 1.165) is 33.5 Å². The van der Waals surface area contributed by atoms with Crippen molar-refractivity contribution in [2.45, 2.75) is 45.9 Å². The molecular weight excluding hydrogens is 370 g/mol. The highest BCUT2D eigenvalue weighted by Crippen LogP contribution is 2.27. The number of benzene rings is 2. The third kappa shape index (κ3) is 4.56. The number of nitrogens with zero attached hydrogens (tertiary/aromatic N) is 3. The predicted octanol–water partition coefficient (Wildman–Crippen LogP) is 4.34. The second-order valence-electron chi connectivity index (χ2n) is 7.13. The average molecular weight is 398 g/mol. The van der Waals surface area contributed by atoms with Crippen molar-refractivity contribution < 1.29 is 9.84 Å². The van der Waals surface area contributed by atoms with Gasteiger partial charge in [0, 0.05) is 11.4 Å². The van der Waals surface area contributed by atoms with Crippen LogP contribution in [0.1, 0.15) is 28.1 Å². The fourth-order valence-corrected chi connectivity index (χ4v) is 3.88. The molecule has 1 heterocycles. The highest BCUT2D eigenvalue weighted by atomic mass is 32.2. The van der Waals surface area contributed by atoms with Crippen LogP contribution in [-0.4, -0.2) is 38.3 Å². The van der Waals surface area contributed by atoms with Crippen LogP contribution in [-0.2, 0) is 0 Å². The Morgan fingerprint density at radius 2 is 1.64 bits per heavy atom. The maximum atomic E-state index is 10.4. The van der Waals surface area contributed by atoms with Crippen molar-refractivity contribution in [1.29, 1.82) is 0 Å². The molecule has 1 unspecified atom stereocenters. The maximum Gasteiger partial charge on any atom is 0.195 e. The van der Waals surface area contributed by atoms with Crippen molar-refractivity contribution in [2.24, 2.45) is 0 Å². The Morgan fingerprint density at radius 1 is 0.964 bits per heavy atom. The molecule has 0 saturated carbocycles. The third-order valence-electron chi connectivity index (χ3n) is 4.79. The average Bonchev–Trinajstić information content (AvgIpc) is 3.04. The zero-order chi connectivity index (χ0) is 20.3. The molecular formula is C22H27N3O2S. The molecule has 0 bridgehead atoms. The van der Waals surface area contributed by atoms with Gasteiger partial charge in [-0.05, 0) is 63.4 Å². The minimum Gasteiger partial charge on any atom is -0.490 e. The van der Waals surface area contributed by atoms with Gasteiger partial charge in [0.15, 0.2) is 5.16 Å². The molecule has 0 radical (unpaired) electrons. The summed E-state index contributed by atoms with van der Waals surface area (Å²) < 4.78 is 7.93. The van der Waals surface area contributed by atoms with Crippen molar-refractivity contribution in [3.8, 4) is 11.4 Å². The number of aliphatic hydroxyl groups is 1. The van der Waals surface area contributed by atoms with Crippen LogP contribution in [0.3, 0.4) is 0 Å². The van der Waals surface area contributed by atoms with Crippen molar-refractivity contribution in [3.05, 3.63) is 64.5 Å². The summed E-state index contributed by atoms with van der Waals surface area (Å²) in [6.45, 7) is 10.4. The van der Waals surface area contributed by atoms with Crippen molar-refractivity contribution in [2.75, 3.05) is 12.4 Å². The first-order valence-electron chi connectivity index (χ1n) is 9.36. The Bertz CT molecular complexity index is 951. The van der Waals surface area contributed by atoms with Gasteiger partial charge in [0.1, 0.15) is 18.2 Å². The number of aliphatic hydroxyl groups excluding tert-OH is 1. The van der Waals surface area contributed by atoms with E-state index < -0.39 is 6.10 Å². The molecule has 0 spiro atoms. The molecule has 3 aromatic rings. The quantitative estimate of drug-likeness (QED) is 0.601. The molecule has 6 heteroatoms. The molecule has 2 aromatic carbocycles. The van der Waals surface area contributed by atoms with Gasteiger partial charge in [-0.3, -0.25) is 4.57 Å². The number of ether oxygens (including phenoxy) is 1. The minimum atomic E-state index is -0.604. The van der Waals surface area contributed by atoms with Gasteiger partial charge in [-0.15, -0.1) is 10.2 Å². The lowest BCUT2D eigenvalue weighted by molar-refractivity contribution is 0.125. The van der Waals surface area contributed by atoms with Crippen LogP contribution in [0.25, 0.3) is 5.69 Å². The normalized spacial score (nSPS) is 12.2. The highest BCUT2D eigenvalue weighted by Gasteiger charge is 2.15. The Hall–Kier alpha value is -2.31. The number of aromatic nitrogens is 3. The Balaban J connectivity index is 1.64. The molecule has 0 aliphatic carbocycles. The summed E-state index contributed by atoms with van der Waals surface area (Å²) >= 11 is 1.48. The van der Waals surface area contributed by atoms with E-state index in [1.165, 1.54) is 22.9 Å². The predicted molar refractivity (Wildman–Crippen MR) is 114 cm³/mol. The number of rotatable bonds is 7. The van der Waals surface area contributed by atoms with E-state index in [4.69, 9.17) is 4.74 Å². The molecule has 1 atom stereocenters. The molecule has 0 saturated heterocycles. The molecule has 3 rings (SSSR count). The summed E-state index contributed by atoms with van der Waals surface area (Å²) in [5.74, 6) is 2.17. The molecule has 148 valence electrons. The van der Waals surface area contributed by atoms with Crippen LogP contribution in [0.5, 0.6) is 5.75 Å². The molecule has 0 amide bonds. The topological polar surface area (TPSA) is 60.2 Å². The summed E-state index contributed by atoms with van der Waals surface area (Å²) in [6, 6.07) is 12.4. The van der Waals surface area contributed by atoms with Crippen LogP contribution in [0, 0.1) is 34.6 Å². The monoisotopic (exact) mass is 397 g/mol. The minimum absolute atomic E-state index is 0.246. The van der Waals surface area contributed by atoms with Gasteiger partial charge in [0.05, 0.1) is 6.10 Å². The SMILES string of the molecule is Cc1ccc(-n2c(C)nnc2SCC(O)COc2c(C)ccc(C)c2C)cc1. The van der Waals surface area contributed by atoms with Gasteiger partial charge in [-0.2, -0.15) is 0 Å². The smallest absolute Gasteiger partial charge is 0.195 e.